The zero-order valence-corrected chi connectivity index (χ0v) is 8.92. The Kier molecular flexibility index (Phi) is 2.97. The molecule has 0 radical (unpaired) electrons. The highest BCUT2D eigenvalue weighted by Crippen LogP contribution is 2.24. The molecule has 0 amide bonds. The maximum Gasteiger partial charge on any atom is 0.119 e. The lowest BCUT2D eigenvalue weighted by atomic mass is 9.87. The summed E-state index contributed by atoms with van der Waals surface area (Å²) < 4.78 is 5.37. The van der Waals surface area contributed by atoms with Gasteiger partial charge in [-0.3, -0.25) is 0 Å². The summed E-state index contributed by atoms with van der Waals surface area (Å²) in [4.78, 5) is 0. The van der Waals surface area contributed by atoms with E-state index in [1.807, 2.05) is 19.1 Å². The van der Waals surface area contributed by atoms with Gasteiger partial charge < -0.3 is 4.74 Å². The highest BCUT2D eigenvalue weighted by atomic mass is 16.5. The van der Waals surface area contributed by atoms with E-state index in [1.165, 1.54) is 5.56 Å². The van der Waals surface area contributed by atoms with Crippen molar-refractivity contribution in [2.75, 3.05) is 6.61 Å². The SMILES string of the molecule is CCOc1ccc(C(C)(C)C)cc1. The van der Waals surface area contributed by atoms with Crippen molar-refractivity contribution in [2.45, 2.75) is 33.1 Å². The summed E-state index contributed by atoms with van der Waals surface area (Å²) >= 11 is 0. The molecular formula is C12H18O. The molecule has 72 valence electrons. The summed E-state index contributed by atoms with van der Waals surface area (Å²) in [5.74, 6) is 0.954. The van der Waals surface area contributed by atoms with Gasteiger partial charge in [-0.05, 0) is 30.0 Å². The third-order valence-electron chi connectivity index (χ3n) is 2.03. The van der Waals surface area contributed by atoms with E-state index in [1.54, 1.807) is 0 Å². The number of hydrogen-bond acceptors (Lipinski definition) is 1. The van der Waals surface area contributed by atoms with Gasteiger partial charge in [0.15, 0.2) is 0 Å². The van der Waals surface area contributed by atoms with Gasteiger partial charge in [0.1, 0.15) is 5.75 Å². The first-order chi connectivity index (χ1) is 6.04. The Hall–Kier alpha value is -0.980. The van der Waals surface area contributed by atoms with Gasteiger partial charge in [-0.25, -0.2) is 0 Å². The minimum absolute atomic E-state index is 0.227. The van der Waals surface area contributed by atoms with Crippen LogP contribution in [0.5, 0.6) is 5.75 Å². The summed E-state index contributed by atoms with van der Waals surface area (Å²) in [7, 11) is 0. The smallest absolute Gasteiger partial charge is 0.119 e. The molecule has 0 spiro atoms. The fraction of sp³-hybridized carbons (Fsp3) is 0.500. The lowest BCUT2D eigenvalue weighted by Gasteiger charge is -2.19. The van der Waals surface area contributed by atoms with Crippen molar-refractivity contribution in [3.8, 4) is 5.75 Å². The van der Waals surface area contributed by atoms with Crippen LogP contribution in [-0.2, 0) is 5.41 Å². The highest BCUT2D eigenvalue weighted by molar-refractivity contribution is 5.30. The molecule has 0 aromatic heterocycles. The number of benzene rings is 1. The van der Waals surface area contributed by atoms with Crippen LogP contribution < -0.4 is 4.74 Å². The summed E-state index contributed by atoms with van der Waals surface area (Å²) in [6.07, 6.45) is 0. The van der Waals surface area contributed by atoms with Gasteiger partial charge >= 0.3 is 0 Å². The molecule has 1 nitrogen and oxygen atoms in total. The van der Waals surface area contributed by atoms with Crippen molar-refractivity contribution in [1.29, 1.82) is 0 Å². The van der Waals surface area contributed by atoms with Crippen LogP contribution in [0.1, 0.15) is 33.3 Å². The van der Waals surface area contributed by atoms with Crippen LogP contribution in [0.3, 0.4) is 0 Å². The van der Waals surface area contributed by atoms with Crippen LogP contribution in [0.25, 0.3) is 0 Å². The van der Waals surface area contributed by atoms with Crippen LogP contribution in [0.4, 0.5) is 0 Å². The van der Waals surface area contributed by atoms with E-state index in [2.05, 4.69) is 32.9 Å². The molecule has 1 aromatic rings. The lowest BCUT2D eigenvalue weighted by Crippen LogP contribution is -2.10. The van der Waals surface area contributed by atoms with Gasteiger partial charge in [0.05, 0.1) is 6.61 Å². The molecule has 0 heterocycles. The molecule has 1 heteroatoms. The van der Waals surface area contributed by atoms with Gasteiger partial charge in [-0.15, -0.1) is 0 Å². The second-order valence-corrected chi connectivity index (χ2v) is 4.21. The third kappa shape index (κ3) is 2.76. The molecule has 0 unspecified atom stereocenters. The van der Waals surface area contributed by atoms with Gasteiger partial charge in [0, 0.05) is 0 Å². The topological polar surface area (TPSA) is 9.23 Å². The maximum absolute atomic E-state index is 5.37. The normalized spacial score (nSPS) is 11.4. The molecule has 0 bridgehead atoms. The lowest BCUT2D eigenvalue weighted by molar-refractivity contribution is 0.340. The van der Waals surface area contributed by atoms with Gasteiger partial charge in [0.25, 0.3) is 0 Å². The van der Waals surface area contributed by atoms with Crippen LogP contribution in [0.15, 0.2) is 24.3 Å². The number of rotatable bonds is 2. The van der Waals surface area contributed by atoms with Gasteiger partial charge in [0.2, 0.25) is 0 Å². The molecule has 1 rings (SSSR count). The molecule has 0 fully saturated rings. The van der Waals surface area contributed by atoms with E-state index >= 15 is 0 Å². The Balaban J connectivity index is 2.81. The zero-order valence-electron chi connectivity index (χ0n) is 8.92. The molecular weight excluding hydrogens is 160 g/mol. The van der Waals surface area contributed by atoms with E-state index in [4.69, 9.17) is 4.74 Å². The van der Waals surface area contributed by atoms with E-state index in [0.29, 0.717) is 0 Å². The second kappa shape index (κ2) is 3.82. The van der Waals surface area contributed by atoms with Crippen LogP contribution in [0, 0.1) is 0 Å². The number of ether oxygens (including phenoxy) is 1. The minimum Gasteiger partial charge on any atom is -0.494 e. The highest BCUT2D eigenvalue weighted by Gasteiger charge is 2.12. The predicted octanol–water partition coefficient (Wildman–Crippen LogP) is 3.38. The molecule has 0 saturated carbocycles. The fourth-order valence-electron chi connectivity index (χ4n) is 1.22. The van der Waals surface area contributed by atoms with E-state index in [-0.39, 0.29) is 5.41 Å². The summed E-state index contributed by atoms with van der Waals surface area (Å²) in [6.45, 7) is 9.36. The predicted molar refractivity (Wildman–Crippen MR) is 56.3 cm³/mol. The Morgan fingerprint density at radius 3 is 2.00 bits per heavy atom. The molecule has 0 saturated heterocycles. The minimum atomic E-state index is 0.227. The molecule has 0 aliphatic heterocycles. The standard InChI is InChI=1S/C12H18O/c1-5-13-11-8-6-10(7-9-11)12(2,3)4/h6-9H,5H2,1-4H3. The molecule has 0 atom stereocenters. The Bertz CT molecular complexity index is 253. The van der Waals surface area contributed by atoms with Crippen LogP contribution >= 0.6 is 0 Å². The molecule has 0 N–H and O–H groups in total. The van der Waals surface area contributed by atoms with Crippen molar-refractivity contribution in [3.05, 3.63) is 29.8 Å². The van der Waals surface area contributed by atoms with E-state index in [0.717, 1.165) is 12.4 Å². The molecule has 13 heavy (non-hydrogen) atoms. The summed E-state index contributed by atoms with van der Waals surface area (Å²) in [6, 6.07) is 8.32. The third-order valence-corrected chi connectivity index (χ3v) is 2.03. The van der Waals surface area contributed by atoms with Gasteiger partial charge in [-0.1, -0.05) is 32.9 Å². The fourth-order valence-corrected chi connectivity index (χ4v) is 1.22. The van der Waals surface area contributed by atoms with Crippen molar-refractivity contribution in [2.24, 2.45) is 0 Å². The maximum atomic E-state index is 5.37. The Morgan fingerprint density at radius 1 is 1.08 bits per heavy atom. The first-order valence-electron chi connectivity index (χ1n) is 4.77. The van der Waals surface area contributed by atoms with Crippen molar-refractivity contribution in [3.63, 3.8) is 0 Å². The molecule has 0 aliphatic carbocycles. The van der Waals surface area contributed by atoms with Crippen molar-refractivity contribution in [1.82, 2.24) is 0 Å². The summed E-state index contributed by atoms with van der Waals surface area (Å²) in [5, 5.41) is 0. The second-order valence-electron chi connectivity index (χ2n) is 4.21. The number of hydrogen-bond donors (Lipinski definition) is 0. The van der Waals surface area contributed by atoms with E-state index in [9.17, 15) is 0 Å². The first-order valence-corrected chi connectivity index (χ1v) is 4.77. The average Bonchev–Trinajstić information content (AvgIpc) is 2.04. The quantitative estimate of drug-likeness (QED) is 0.674. The Labute approximate surface area is 80.7 Å². The zero-order chi connectivity index (χ0) is 9.90. The van der Waals surface area contributed by atoms with Crippen LogP contribution in [0.2, 0.25) is 0 Å². The van der Waals surface area contributed by atoms with E-state index < -0.39 is 0 Å². The van der Waals surface area contributed by atoms with Crippen molar-refractivity contribution < 1.29 is 4.74 Å². The summed E-state index contributed by atoms with van der Waals surface area (Å²) in [5.41, 5.74) is 1.57. The molecule has 1 aromatic carbocycles. The van der Waals surface area contributed by atoms with Crippen LogP contribution in [-0.4, -0.2) is 6.61 Å². The van der Waals surface area contributed by atoms with Crippen molar-refractivity contribution >= 4 is 0 Å². The first kappa shape index (κ1) is 10.1. The Morgan fingerprint density at radius 2 is 1.62 bits per heavy atom. The molecule has 0 aliphatic rings. The van der Waals surface area contributed by atoms with Gasteiger partial charge in [-0.2, -0.15) is 0 Å². The average molecular weight is 178 g/mol. The monoisotopic (exact) mass is 178 g/mol. The largest absolute Gasteiger partial charge is 0.494 e.